The molecule has 0 aliphatic rings. The van der Waals surface area contributed by atoms with E-state index in [1.165, 1.54) is 0 Å². The van der Waals surface area contributed by atoms with Gasteiger partial charge in [-0.25, -0.2) is 0 Å². The van der Waals surface area contributed by atoms with Crippen LogP contribution in [0, 0.1) is 6.92 Å². The summed E-state index contributed by atoms with van der Waals surface area (Å²) < 4.78 is 5.09. The summed E-state index contributed by atoms with van der Waals surface area (Å²) in [4.78, 5) is 12.1. The Bertz CT molecular complexity index is 668. The molecule has 25 heavy (non-hydrogen) atoms. The van der Waals surface area contributed by atoms with Gasteiger partial charge < -0.3 is 20.5 Å². The van der Waals surface area contributed by atoms with Gasteiger partial charge in [0.05, 0.1) is 13.2 Å². The number of anilines is 1. The molecule has 0 aliphatic heterocycles. The normalized spacial score (nSPS) is 13.1. The lowest BCUT2D eigenvalue weighted by Gasteiger charge is -2.17. The average Bonchev–Trinajstić information content (AvgIpc) is 2.61. The smallest absolute Gasteiger partial charge is 0.225 e. The number of aryl methyl sites for hydroxylation is 1. The second kappa shape index (κ2) is 9.20. The average molecular weight is 342 g/mol. The third-order valence-corrected chi connectivity index (χ3v) is 3.99. The zero-order chi connectivity index (χ0) is 18.2. The van der Waals surface area contributed by atoms with Crippen molar-refractivity contribution in [3.63, 3.8) is 0 Å². The van der Waals surface area contributed by atoms with Gasteiger partial charge in [-0.1, -0.05) is 29.8 Å². The molecule has 0 heterocycles. The highest BCUT2D eigenvalue weighted by molar-refractivity contribution is 5.91. The molecular weight excluding hydrogens is 316 g/mol. The van der Waals surface area contributed by atoms with Crippen molar-refractivity contribution in [2.45, 2.75) is 32.4 Å². The van der Waals surface area contributed by atoms with Gasteiger partial charge in [0.25, 0.3) is 0 Å². The molecule has 0 saturated heterocycles. The number of aliphatic hydroxyl groups is 1. The number of hydrogen-bond acceptors (Lipinski definition) is 4. The first kappa shape index (κ1) is 19.0. The van der Waals surface area contributed by atoms with Gasteiger partial charge in [-0.15, -0.1) is 0 Å². The highest BCUT2D eigenvalue weighted by Crippen LogP contribution is 2.16. The highest BCUT2D eigenvalue weighted by Gasteiger charge is 2.12. The summed E-state index contributed by atoms with van der Waals surface area (Å²) in [5.41, 5.74) is 2.76. The summed E-state index contributed by atoms with van der Waals surface area (Å²) in [5.74, 6) is 0.674. The maximum Gasteiger partial charge on any atom is 0.225 e. The summed E-state index contributed by atoms with van der Waals surface area (Å²) in [7, 11) is 1.60. The lowest BCUT2D eigenvalue weighted by molar-refractivity contribution is -0.116. The van der Waals surface area contributed by atoms with E-state index in [1.54, 1.807) is 31.4 Å². The second-order valence-corrected chi connectivity index (χ2v) is 6.22. The number of hydrogen-bond donors (Lipinski definition) is 3. The van der Waals surface area contributed by atoms with Crippen molar-refractivity contribution in [1.29, 1.82) is 0 Å². The van der Waals surface area contributed by atoms with Crippen molar-refractivity contribution in [2.24, 2.45) is 0 Å². The Morgan fingerprint density at radius 3 is 2.36 bits per heavy atom. The summed E-state index contributed by atoms with van der Waals surface area (Å²) in [6.45, 7) is 4.34. The predicted molar refractivity (Wildman–Crippen MR) is 99.8 cm³/mol. The fourth-order valence-electron chi connectivity index (χ4n) is 2.46. The molecule has 5 heteroatoms. The number of aliphatic hydroxyl groups excluding tert-OH is 1. The Hall–Kier alpha value is -2.37. The zero-order valence-electron chi connectivity index (χ0n) is 15.0. The number of benzene rings is 2. The van der Waals surface area contributed by atoms with E-state index in [-0.39, 0.29) is 11.9 Å². The number of amides is 1. The van der Waals surface area contributed by atoms with Crippen LogP contribution in [0.5, 0.6) is 5.75 Å². The van der Waals surface area contributed by atoms with Gasteiger partial charge in [-0.05, 0) is 43.7 Å². The molecule has 0 saturated carbocycles. The number of carbonyl (C=O) groups is 1. The van der Waals surface area contributed by atoms with Crippen LogP contribution in [0.25, 0.3) is 0 Å². The van der Waals surface area contributed by atoms with Crippen LogP contribution in [-0.2, 0) is 4.79 Å². The van der Waals surface area contributed by atoms with E-state index in [2.05, 4.69) is 10.6 Å². The molecule has 2 unspecified atom stereocenters. The van der Waals surface area contributed by atoms with E-state index >= 15 is 0 Å². The summed E-state index contributed by atoms with van der Waals surface area (Å²) >= 11 is 0. The second-order valence-electron chi connectivity index (χ2n) is 6.22. The molecule has 0 fully saturated rings. The monoisotopic (exact) mass is 342 g/mol. The molecule has 0 radical (unpaired) electrons. The topological polar surface area (TPSA) is 70.6 Å². The first-order chi connectivity index (χ1) is 12.0. The quantitative estimate of drug-likeness (QED) is 0.690. The number of methoxy groups -OCH3 is 1. The summed E-state index contributed by atoms with van der Waals surface area (Å²) in [5, 5.41) is 16.3. The molecule has 0 aliphatic carbocycles. The molecule has 2 rings (SSSR count). The molecule has 5 nitrogen and oxygen atoms in total. The summed E-state index contributed by atoms with van der Waals surface area (Å²) in [6.07, 6.45) is -0.264. The first-order valence-electron chi connectivity index (χ1n) is 8.40. The van der Waals surface area contributed by atoms with Gasteiger partial charge >= 0.3 is 0 Å². The van der Waals surface area contributed by atoms with Crippen molar-refractivity contribution in [2.75, 3.05) is 19.0 Å². The van der Waals surface area contributed by atoms with E-state index in [0.717, 1.165) is 22.6 Å². The minimum absolute atomic E-state index is 0.0432. The standard InChI is InChI=1S/C20H26N2O3/c1-14-4-6-16(7-5-14)19(23)13-21-15(2)12-20(24)22-17-8-10-18(25-3)11-9-17/h4-11,15,19,21,23H,12-13H2,1-3H3,(H,22,24). The van der Waals surface area contributed by atoms with Gasteiger partial charge in [0.2, 0.25) is 5.91 Å². The van der Waals surface area contributed by atoms with Gasteiger partial charge in [-0.3, -0.25) is 4.79 Å². The molecular formula is C20H26N2O3. The van der Waals surface area contributed by atoms with Gasteiger partial charge in [0.1, 0.15) is 5.75 Å². The first-order valence-corrected chi connectivity index (χ1v) is 8.40. The van der Waals surface area contributed by atoms with Crippen molar-refractivity contribution < 1.29 is 14.6 Å². The molecule has 1 amide bonds. The summed E-state index contributed by atoms with van der Waals surface area (Å²) in [6, 6.07) is 15.0. The van der Waals surface area contributed by atoms with Crippen LogP contribution in [0.4, 0.5) is 5.69 Å². The van der Waals surface area contributed by atoms with Crippen LogP contribution in [0.2, 0.25) is 0 Å². The molecule has 2 atom stereocenters. The number of ether oxygens (including phenoxy) is 1. The highest BCUT2D eigenvalue weighted by atomic mass is 16.5. The maximum atomic E-state index is 12.1. The van der Waals surface area contributed by atoms with E-state index in [9.17, 15) is 9.90 Å². The van der Waals surface area contributed by atoms with Crippen LogP contribution in [-0.4, -0.2) is 30.7 Å². The third kappa shape index (κ3) is 6.21. The Kier molecular flexibility index (Phi) is 6.98. The van der Waals surface area contributed by atoms with E-state index in [1.807, 2.05) is 38.1 Å². The van der Waals surface area contributed by atoms with Gasteiger partial charge in [-0.2, -0.15) is 0 Å². The Morgan fingerprint density at radius 1 is 1.12 bits per heavy atom. The number of carbonyl (C=O) groups excluding carboxylic acids is 1. The van der Waals surface area contributed by atoms with Gasteiger partial charge in [0.15, 0.2) is 0 Å². The third-order valence-electron chi connectivity index (χ3n) is 3.99. The van der Waals surface area contributed by atoms with Gasteiger partial charge in [0, 0.05) is 24.7 Å². The number of rotatable bonds is 8. The van der Waals surface area contributed by atoms with Crippen LogP contribution in [0.1, 0.15) is 30.6 Å². The SMILES string of the molecule is COc1ccc(NC(=O)CC(C)NCC(O)c2ccc(C)cc2)cc1. The van der Waals surface area contributed by atoms with Crippen LogP contribution >= 0.6 is 0 Å². The van der Waals surface area contributed by atoms with E-state index in [0.29, 0.717) is 13.0 Å². The Morgan fingerprint density at radius 2 is 1.76 bits per heavy atom. The van der Waals surface area contributed by atoms with E-state index in [4.69, 9.17) is 4.74 Å². The lowest BCUT2D eigenvalue weighted by Crippen LogP contribution is -2.33. The maximum absolute atomic E-state index is 12.1. The Balaban J connectivity index is 1.75. The molecule has 134 valence electrons. The molecule has 0 aromatic heterocycles. The fourth-order valence-corrected chi connectivity index (χ4v) is 2.46. The largest absolute Gasteiger partial charge is 0.497 e. The van der Waals surface area contributed by atoms with Crippen LogP contribution in [0.3, 0.4) is 0 Å². The minimum Gasteiger partial charge on any atom is -0.497 e. The van der Waals surface area contributed by atoms with E-state index < -0.39 is 6.10 Å². The zero-order valence-corrected chi connectivity index (χ0v) is 15.0. The molecule has 2 aromatic rings. The van der Waals surface area contributed by atoms with Crippen molar-refractivity contribution in [1.82, 2.24) is 5.32 Å². The minimum atomic E-state index is -0.590. The Labute approximate surface area is 149 Å². The van der Waals surface area contributed by atoms with Crippen LogP contribution in [0.15, 0.2) is 48.5 Å². The van der Waals surface area contributed by atoms with Crippen molar-refractivity contribution in [3.8, 4) is 5.75 Å². The predicted octanol–water partition coefficient (Wildman–Crippen LogP) is 3.04. The lowest BCUT2D eigenvalue weighted by atomic mass is 10.1. The fraction of sp³-hybridized carbons (Fsp3) is 0.350. The molecule has 3 N–H and O–H groups in total. The molecule has 0 bridgehead atoms. The number of nitrogens with one attached hydrogen (secondary N) is 2. The van der Waals surface area contributed by atoms with Crippen LogP contribution < -0.4 is 15.4 Å². The van der Waals surface area contributed by atoms with Crippen molar-refractivity contribution in [3.05, 3.63) is 59.7 Å². The van der Waals surface area contributed by atoms with Crippen molar-refractivity contribution >= 4 is 11.6 Å². The molecule has 0 spiro atoms. The molecule has 2 aromatic carbocycles.